The standard InChI is InChI=1S/C31H50N8O8/c1-18(2)20(27(43)39-24(30(46)47)15-19-9-4-3-5-10-19)16-25(40)23(17-26(41)42)38-29(45)22(12-6-7-13-32)37-28(44)21(33)11-8-14-36-31(34)35/h3-5,9-10,18,20-24H,6-8,11-17,32-33H2,1-2H3,(H,37,44)(H,38,45)(H,39,43)(H,41,42)(H,46,47)(H4,34,35,36)/t20?,21-,22-,23?,24?/m0/s1. The first-order valence-electron chi connectivity index (χ1n) is 15.6. The van der Waals surface area contributed by atoms with E-state index in [1.165, 1.54) is 0 Å². The number of amides is 3. The molecule has 262 valence electrons. The second kappa shape index (κ2) is 21.3. The molecule has 0 saturated heterocycles. The van der Waals surface area contributed by atoms with E-state index in [0.717, 1.165) is 0 Å². The summed E-state index contributed by atoms with van der Waals surface area (Å²) in [7, 11) is 0. The lowest BCUT2D eigenvalue weighted by Crippen LogP contribution is -2.55. The summed E-state index contributed by atoms with van der Waals surface area (Å²) in [4.78, 5) is 80.2. The number of carbonyl (C=O) groups excluding carboxylic acids is 4. The predicted molar refractivity (Wildman–Crippen MR) is 175 cm³/mol. The van der Waals surface area contributed by atoms with Gasteiger partial charge >= 0.3 is 11.9 Å². The second-order valence-electron chi connectivity index (χ2n) is 11.7. The molecule has 0 aliphatic rings. The number of guanidine groups is 1. The maximum absolute atomic E-state index is 13.4. The number of unbranched alkanes of at least 4 members (excludes halogenated alkanes) is 1. The van der Waals surface area contributed by atoms with E-state index in [9.17, 15) is 39.0 Å². The lowest BCUT2D eigenvalue weighted by atomic mass is 9.87. The fourth-order valence-electron chi connectivity index (χ4n) is 4.70. The van der Waals surface area contributed by atoms with Gasteiger partial charge in [-0.15, -0.1) is 0 Å². The number of nitrogens with zero attached hydrogens (tertiary/aromatic N) is 1. The van der Waals surface area contributed by atoms with Gasteiger partial charge in [0.25, 0.3) is 0 Å². The van der Waals surface area contributed by atoms with Crippen molar-refractivity contribution >= 4 is 41.4 Å². The summed E-state index contributed by atoms with van der Waals surface area (Å²) >= 11 is 0. The van der Waals surface area contributed by atoms with E-state index in [1.807, 2.05) is 0 Å². The summed E-state index contributed by atoms with van der Waals surface area (Å²) in [6.07, 6.45) is 0.487. The molecule has 0 aliphatic carbocycles. The lowest BCUT2D eigenvalue weighted by Gasteiger charge is -2.26. The molecule has 0 saturated carbocycles. The van der Waals surface area contributed by atoms with Gasteiger partial charge in [-0.05, 0) is 50.1 Å². The molecule has 5 atom stereocenters. The Balaban J connectivity index is 3.06. The minimum atomic E-state index is -1.53. The van der Waals surface area contributed by atoms with E-state index >= 15 is 0 Å². The van der Waals surface area contributed by atoms with Gasteiger partial charge in [0, 0.05) is 25.3 Å². The quantitative estimate of drug-likeness (QED) is 0.0387. The molecule has 1 aromatic rings. The van der Waals surface area contributed by atoms with Crippen LogP contribution >= 0.6 is 0 Å². The zero-order chi connectivity index (χ0) is 35.5. The molecule has 47 heavy (non-hydrogen) atoms. The average molecular weight is 663 g/mol. The van der Waals surface area contributed by atoms with Gasteiger partial charge in [0.2, 0.25) is 17.7 Å². The molecule has 0 radical (unpaired) electrons. The highest BCUT2D eigenvalue weighted by atomic mass is 16.4. The van der Waals surface area contributed by atoms with Gasteiger partial charge in [-0.25, -0.2) is 4.79 Å². The van der Waals surface area contributed by atoms with Crippen LogP contribution in [0.5, 0.6) is 0 Å². The molecule has 0 fully saturated rings. The second-order valence-corrected chi connectivity index (χ2v) is 11.7. The number of nitrogens with two attached hydrogens (primary N) is 4. The first-order valence-corrected chi connectivity index (χ1v) is 15.6. The number of ketones is 1. The topological polar surface area (TPSA) is 295 Å². The Hall–Kier alpha value is -4.57. The molecule has 1 rings (SSSR count). The first kappa shape index (κ1) is 40.5. The van der Waals surface area contributed by atoms with Crippen LogP contribution in [0, 0.1) is 11.8 Å². The van der Waals surface area contributed by atoms with Crippen molar-refractivity contribution in [1.82, 2.24) is 16.0 Å². The van der Waals surface area contributed by atoms with Gasteiger partial charge in [0.05, 0.1) is 18.5 Å². The van der Waals surface area contributed by atoms with Crippen LogP contribution in [0.25, 0.3) is 0 Å². The highest BCUT2D eigenvalue weighted by molar-refractivity contribution is 5.97. The number of carboxylic acids is 2. The van der Waals surface area contributed by atoms with Crippen LogP contribution in [0.3, 0.4) is 0 Å². The van der Waals surface area contributed by atoms with Crippen LogP contribution in [-0.4, -0.2) is 88.9 Å². The van der Waals surface area contributed by atoms with E-state index in [1.54, 1.807) is 44.2 Å². The highest BCUT2D eigenvalue weighted by Gasteiger charge is 2.34. The van der Waals surface area contributed by atoms with Crippen LogP contribution in [0.2, 0.25) is 0 Å². The van der Waals surface area contributed by atoms with Gasteiger partial charge < -0.3 is 49.1 Å². The summed E-state index contributed by atoms with van der Waals surface area (Å²) < 4.78 is 0. The van der Waals surface area contributed by atoms with Gasteiger partial charge in [-0.3, -0.25) is 29.0 Å². The highest BCUT2D eigenvalue weighted by Crippen LogP contribution is 2.19. The molecule has 16 heteroatoms. The van der Waals surface area contributed by atoms with Crippen LogP contribution in [0.4, 0.5) is 0 Å². The van der Waals surface area contributed by atoms with E-state index in [0.29, 0.717) is 31.4 Å². The molecule has 0 bridgehead atoms. The third-order valence-electron chi connectivity index (χ3n) is 7.43. The molecular weight excluding hydrogens is 612 g/mol. The summed E-state index contributed by atoms with van der Waals surface area (Å²) in [6.45, 7) is 3.92. The first-order chi connectivity index (χ1) is 22.2. The molecule has 0 spiro atoms. The largest absolute Gasteiger partial charge is 0.481 e. The van der Waals surface area contributed by atoms with Crippen molar-refractivity contribution in [2.75, 3.05) is 13.1 Å². The minimum Gasteiger partial charge on any atom is -0.481 e. The smallest absolute Gasteiger partial charge is 0.326 e. The molecule has 0 aromatic heterocycles. The maximum atomic E-state index is 13.4. The molecule has 16 nitrogen and oxygen atoms in total. The van der Waals surface area contributed by atoms with Gasteiger partial charge in [-0.2, -0.15) is 0 Å². The van der Waals surface area contributed by atoms with Gasteiger partial charge in [-0.1, -0.05) is 44.2 Å². The Bertz CT molecular complexity index is 1220. The number of carbonyl (C=O) groups is 6. The fourth-order valence-corrected chi connectivity index (χ4v) is 4.70. The SMILES string of the molecule is CC(C)C(CC(=O)C(CC(=O)O)NC(=O)[C@H](CCCCN)NC(=O)[C@@H](N)CCCN=C(N)N)C(=O)NC(Cc1ccccc1)C(=O)O. The summed E-state index contributed by atoms with van der Waals surface area (Å²) in [5, 5.41) is 26.7. The number of aliphatic imine (C=N–C) groups is 1. The Morgan fingerprint density at radius 1 is 0.787 bits per heavy atom. The Kier molecular flexibility index (Phi) is 18.3. The third-order valence-corrected chi connectivity index (χ3v) is 7.43. The minimum absolute atomic E-state index is 0.00949. The molecule has 0 aliphatic heterocycles. The van der Waals surface area contributed by atoms with Crippen molar-refractivity contribution in [3.05, 3.63) is 35.9 Å². The Morgan fingerprint density at radius 3 is 1.96 bits per heavy atom. The molecule has 3 unspecified atom stereocenters. The number of aliphatic carboxylic acids is 2. The Labute approximate surface area is 274 Å². The molecule has 1 aromatic carbocycles. The number of nitrogens with one attached hydrogen (secondary N) is 3. The number of Topliss-reactive ketones (excluding diaryl/α,β-unsaturated/α-hetero) is 1. The zero-order valence-corrected chi connectivity index (χ0v) is 27.0. The van der Waals surface area contributed by atoms with Gasteiger partial charge in [0.1, 0.15) is 12.1 Å². The van der Waals surface area contributed by atoms with Gasteiger partial charge in [0.15, 0.2) is 11.7 Å². The molecular formula is C31H50N8O8. The van der Waals surface area contributed by atoms with Crippen LogP contribution < -0.4 is 38.9 Å². The molecule has 0 heterocycles. The van der Waals surface area contributed by atoms with Crippen LogP contribution in [-0.2, 0) is 35.2 Å². The summed E-state index contributed by atoms with van der Waals surface area (Å²) in [6, 6.07) is 3.74. The van der Waals surface area contributed by atoms with Crippen molar-refractivity contribution < 1.29 is 39.0 Å². The number of carboxylic acid groups (broad SMARTS) is 2. The lowest BCUT2D eigenvalue weighted by molar-refractivity contribution is -0.144. The summed E-state index contributed by atoms with van der Waals surface area (Å²) in [5.41, 5.74) is 22.8. The van der Waals surface area contributed by atoms with Crippen molar-refractivity contribution in [2.24, 2.45) is 39.8 Å². The number of hydrogen-bond acceptors (Lipinski definition) is 9. The monoisotopic (exact) mass is 662 g/mol. The normalized spacial score (nSPS) is 14.1. The van der Waals surface area contributed by atoms with E-state index in [-0.39, 0.29) is 31.8 Å². The average Bonchev–Trinajstić information content (AvgIpc) is 3.00. The fraction of sp³-hybridized carbons (Fsp3) is 0.581. The zero-order valence-electron chi connectivity index (χ0n) is 27.0. The van der Waals surface area contributed by atoms with E-state index in [2.05, 4.69) is 20.9 Å². The predicted octanol–water partition coefficient (Wildman–Crippen LogP) is -1.02. The number of benzene rings is 1. The van der Waals surface area contributed by atoms with Crippen molar-refractivity contribution in [3.8, 4) is 0 Å². The van der Waals surface area contributed by atoms with E-state index < -0.39 is 84.3 Å². The number of hydrogen-bond donors (Lipinski definition) is 9. The molecule has 3 amide bonds. The van der Waals surface area contributed by atoms with Crippen molar-refractivity contribution in [3.63, 3.8) is 0 Å². The van der Waals surface area contributed by atoms with E-state index in [4.69, 9.17) is 22.9 Å². The summed E-state index contributed by atoms with van der Waals surface area (Å²) in [5.74, 6) is -7.08. The van der Waals surface area contributed by atoms with Crippen LogP contribution in [0.15, 0.2) is 35.3 Å². The maximum Gasteiger partial charge on any atom is 0.326 e. The Morgan fingerprint density at radius 2 is 1.40 bits per heavy atom. The van der Waals surface area contributed by atoms with Crippen molar-refractivity contribution in [1.29, 1.82) is 0 Å². The van der Waals surface area contributed by atoms with Crippen LogP contribution in [0.1, 0.15) is 64.4 Å². The molecule has 13 N–H and O–H groups in total. The third kappa shape index (κ3) is 16.0. The van der Waals surface area contributed by atoms with Crippen molar-refractivity contribution in [2.45, 2.75) is 89.4 Å². The number of rotatable bonds is 23.